The Balaban J connectivity index is 2.15. The smallest absolute Gasteiger partial charge is 0.382 e. The Kier molecular flexibility index (Phi) is 4.95. The van der Waals surface area contributed by atoms with Gasteiger partial charge in [0.15, 0.2) is 0 Å². The molecule has 1 atom stereocenters. The highest BCUT2D eigenvalue weighted by Crippen LogP contribution is 2.29. The number of hydrogen-bond donors (Lipinski definition) is 0. The van der Waals surface area contributed by atoms with E-state index in [2.05, 4.69) is 4.98 Å². The Morgan fingerprint density at radius 3 is 2.70 bits per heavy atom. The molecule has 1 saturated heterocycles. The lowest BCUT2D eigenvalue weighted by Crippen LogP contribution is -2.55. The predicted molar refractivity (Wildman–Crippen MR) is 76.0 cm³/mol. The largest absolute Gasteiger partial charge is 0.417 e. The van der Waals surface area contributed by atoms with Crippen LogP contribution in [0.3, 0.4) is 0 Å². The van der Waals surface area contributed by atoms with Gasteiger partial charge >= 0.3 is 6.18 Å². The van der Waals surface area contributed by atoms with Crippen LogP contribution in [0.5, 0.6) is 0 Å². The maximum Gasteiger partial charge on any atom is 0.417 e. The summed E-state index contributed by atoms with van der Waals surface area (Å²) in [7, 11) is 1.54. The summed E-state index contributed by atoms with van der Waals surface area (Å²) < 4.78 is 48.5. The molecule has 0 aliphatic carbocycles. The normalized spacial score (nSPS) is 21.3. The minimum absolute atomic E-state index is 0.0214. The topological polar surface area (TPSA) is 51.7 Å². The molecule has 0 spiro atoms. The van der Waals surface area contributed by atoms with E-state index in [0.717, 1.165) is 12.1 Å². The number of halogens is 3. The van der Waals surface area contributed by atoms with Gasteiger partial charge in [0.25, 0.3) is 5.91 Å². The quantitative estimate of drug-likeness (QED) is 0.853. The van der Waals surface area contributed by atoms with Crippen LogP contribution >= 0.6 is 0 Å². The first-order valence-corrected chi connectivity index (χ1v) is 7.12. The number of ether oxygens (including phenoxy) is 2. The molecule has 1 aromatic rings. The van der Waals surface area contributed by atoms with E-state index in [4.69, 9.17) is 9.47 Å². The standard InChI is InChI=1S/C15H19F3N2O3/c1-14(2)9-20(7-11(23-14)8-22-3)13(21)12-5-4-10(6-19-12)15(16,17)18/h4-6,11H,7-9H2,1-3H3/t11-/m0/s1. The molecule has 1 amide bonds. The van der Waals surface area contributed by atoms with Crippen molar-refractivity contribution in [2.24, 2.45) is 0 Å². The lowest BCUT2D eigenvalue weighted by atomic mass is 10.0. The van der Waals surface area contributed by atoms with Crippen LogP contribution in [0.15, 0.2) is 18.3 Å². The average molecular weight is 332 g/mol. The highest BCUT2D eigenvalue weighted by atomic mass is 19.4. The first-order chi connectivity index (χ1) is 10.6. The fraction of sp³-hybridized carbons (Fsp3) is 0.600. The van der Waals surface area contributed by atoms with Crippen LogP contribution in [0.4, 0.5) is 13.2 Å². The first-order valence-electron chi connectivity index (χ1n) is 7.12. The lowest BCUT2D eigenvalue weighted by Gasteiger charge is -2.42. The summed E-state index contributed by atoms with van der Waals surface area (Å²) in [6.07, 6.45) is -4.09. The second-order valence-electron chi connectivity index (χ2n) is 6.07. The molecule has 0 bridgehead atoms. The molecule has 23 heavy (non-hydrogen) atoms. The van der Waals surface area contributed by atoms with Gasteiger partial charge in [0.2, 0.25) is 0 Å². The van der Waals surface area contributed by atoms with Gasteiger partial charge in [-0.05, 0) is 26.0 Å². The van der Waals surface area contributed by atoms with Crippen LogP contribution in [0.1, 0.15) is 29.9 Å². The third-order valence-corrected chi connectivity index (χ3v) is 3.43. The minimum Gasteiger partial charge on any atom is -0.382 e. The molecule has 0 N–H and O–H groups in total. The van der Waals surface area contributed by atoms with Crippen molar-refractivity contribution in [3.05, 3.63) is 29.6 Å². The highest BCUT2D eigenvalue weighted by molar-refractivity contribution is 5.92. The number of carbonyl (C=O) groups excluding carboxylic acids is 1. The van der Waals surface area contributed by atoms with Crippen LogP contribution in [-0.4, -0.2) is 54.3 Å². The average Bonchev–Trinajstić information content (AvgIpc) is 2.44. The van der Waals surface area contributed by atoms with Crippen LogP contribution in [0, 0.1) is 0 Å². The minimum atomic E-state index is -4.47. The zero-order valence-electron chi connectivity index (χ0n) is 13.2. The Bertz CT molecular complexity index is 558. The number of nitrogens with zero attached hydrogens (tertiary/aromatic N) is 2. The van der Waals surface area contributed by atoms with Gasteiger partial charge in [0.1, 0.15) is 5.69 Å². The monoisotopic (exact) mass is 332 g/mol. The molecule has 1 aromatic heterocycles. The lowest BCUT2D eigenvalue weighted by molar-refractivity contribution is -0.143. The fourth-order valence-electron chi connectivity index (χ4n) is 2.57. The molecule has 1 aliphatic heterocycles. The van der Waals surface area contributed by atoms with Gasteiger partial charge in [-0.2, -0.15) is 13.2 Å². The van der Waals surface area contributed by atoms with Crippen molar-refractivity contribution in [1.82, 2.24) is 9.88 Å². The predicted octanol–water partition coefficient (Wildman–Crippen LogP) is 2.37. The molecule has 2 heterocycles. The number of hydrogen-bond acceptors (Lipinski definition) is 4. The molecule has 0 radical (unpaired) electrons. The molecular formula is C15H19F3N2O3. The van der Waals surface area contributed by atoms with Gasteiger partial charge in [0, 0.05) is 26.4 Å². The number of morpholine rings is 1. The number of methoxy groups -OCH3 is 1. The fourth-order valence-corrected chi connectivity index (χ4v) is 2.57. The van der Waals surface area contributed by atoms with Gasteiger partial charge in [-0.15, -0.1) is 0 Å². The van der Waals surface area contributed by atoms with Crippen molar-refractivity contribution in [2.45, 2.75) is 31.7 Å². The summed E-state index contributed by atoms with van der Waals surface area (Å²) in [5.74, 6) is -0.420. The molecule has 0 saturated carbocycles. The first kappa shape index (κ1) is 17.7. The number of aromatic nitrogens is 1. The van der Waals surface area contributed by atoms with E-state index in [1.54, 1.807) is 0 Å². The van der Waals surface area contributed by atoms with Gasteiger partial charge in [0.05, 0.1) is 23.9 Å². The van der Waals surface area contributed by atoms with Crippen LogP contribution in [0.25, 0.3) is 0 Å². The van der Waals surface area contributed by atoms with Gasteiger partial charge in [-0.1, -0.05) is 0 Å². The molecule has 0 aromatic carbocycles. The molecule has 128 valence electrons. The van der Waals surface area contributed by atoms with Crippen molar-refractivity contribution in [3.63, 3.8) is 0 Å². The van der Waals surface area contributed by atoms with Crippen LogP contribution < -0.4 is 0 Å². The van der Waals surface area contributed by atoms with Crippen molar-refractivity contribution in [3.8, 4) is 0 Å². The molecule has 8 heteroatoms. The zero-order chi connectivity index (χ0) is 17.3. The van der Waals surface area contributed by atoms with E-state index in [-0.39, 0.29) is 11.8 Å². The van der Waals surface area contributed by atoms with E-state index in [1.165, 1.54) is 12.0 Å². The van der Waals surface area contributed by atoms with Crippen LogP contribution in [0.2, 0.25) is 0 Å². The second kappa shape index (κ2) is 6.45. The molecular weight excluding hydrogens is 313 g/mol. The third-order valence-electron chi connectivity index (χ3n) is 3.43. The third kappa shape index (κ3) is 4.42. The van der Waals surface area contributed by atoms with E-state index in [0.29, 0.717) is 25.9 Å². The van der Waals surface area contributed by atoms with Crippen molar-refractivity contribution >= 4 is 5.91 Å². The number of rotatable bonds is 3. The number of pyridine rings is 1. The van der Waals surface area contributed by atoms with Crippen molar-refractivity contribution < 1.29 is 27.4 Å². The van der Waals surface area contributed by atoms with E-state index >= 15 is 0 Å². The maximum atomic E-state index is 12.5. The summed E-state index contributed by atoms with van der Waals surface area (Å²) in [6, 6.07) is 1.96. The summed E-state index contributed by atoms with van der Waals surface area (Å²) in [6.45, 7) is 4.64. The Morgan fingerprint density at radius 1 is 1.48 bits per heavy atom. The second-order valence-corrected chi connectivity index (χ2v) is 6.07. The van der Waals surface area contributed by atoms with E-state index < -0.39 is 23.2 Å². The molecule has 1 aliphatic rings. The molecule has 5 nitrogen and oxygen atoms in total. The Labute approximate surface area is 132 Å². The molecule has 0 unspecified atom stereocenters. The van der Waals surface area contributed by atoms with Gasteiger partial charge in [-0.3, -0.25) is 9.78 Å². The summed E-state index contributed by atoms with van der Waals surface area (Å²) in [5.41, 5.74) is -1.47. The highest BCUT2D eigenvalue weighted by Gasteiger charge is 2.36. The van der Waals surface area contributed by atoms with Gasteiger partial charge in [-0.25, -0.2) is 0 Å². The number of alkyl halides is 3. The van der Waals surface area contributed by atoms with Gasteiger partial charge < -0.3 is 14.4 Å². The maximum absolute atomic E-state index is 12.5. The molecule has 1 fully saturated rings. The SMILES string of the molecule is COC[C@@H]1CN(C(=O)c2ccc(C(F)(F)F)cn2)CC(C)(C)O1. The van der Waals surface area contributed by atoms with E-state index in [1.807, 2.05) is 13.8 Å². The zero-order valence-corrected chi connectivity index (χ0v) is 13.2. The van der Waals surface area contributed by atoms with Crippen molar-refractivity contribution in [2.75, 3.05) is 26.8 Å². The number of carbonyl (C=O) groups is 1. The summed E-state index contributed by atoms with van der Waals surface area (Å²) in [4.78, 5) is 17.7. The number of amides is 1. The van der Waals surface area contributed by atoms with E-state index in [9.17, 15) is 18.0 Å². The Morgan fingerprint density at radius 2 is 2.17 bits per heavy atom. The Hall–Kier alpha value is -1.67. The summed E-state index contributed by atoms with van der Waals surface area (Å²) >= 11 is 0. The summed E-state index contributed by atoms with van der Waals surface area (Å²) in [5, 5.41) is 0. The van der Waals surface area contributed by atoms with Crippen molar-refractivity contribution in [1.29, 1.82) is 0 Å². The molecule has 2 rings (SSSR count). The van der Waals surface area contributed by atoms with Crippen LogP contribution in [-0.2, 0) is 15.7 Å².